The zero-order chi connectivity index (χ0) is 14.3. The second kappa shape index (κ2) is 7.16. The normalized spacial score (nSPS) is 12.1. The molecular formula is C15H17NO3. The molecule has 4 heteroatoms. The molecule has 0 spiro atoms. The van der Waals surface area contributed by atoms with Crippen LogP contribution in [0.4, 0.5) is 0 Å². The quantitative estimate of drug-likeness (QED) is 0.382. The van der Waals surface area contributed by atoms with E-state index >= 15 is 0 Å². The van der Waals surface area contributed by atoms with Crippen molar-refractivity contribution >= 4 is 12.3 Å². The number of benzene rings is 1. The molecule has 2 N–H and O–H groups in total. The Bertz CT molecular complexity index is 513. The summed E-state index contributed by atoms with van der Waals surface area (Å²) in [4.78, 5) is 22.3. The van der Waals surface area contributed by atoms with Crippen molar-refractivity contribution in [3.8, 4) is 0 Å². The summed E-state index contributed by atoms with van der Waals surface area (Å²) in [6, 6.07) is 6.24. The molecule has 0 heterocycles. The van der Waals surface area contributed by atoms with Crippen molar-refractivity contribution in [2.24, 2.45) is 5.73 Å². The van der Waals surface area contributed by atoms with E-state index < -0.39 is 5.97 Å². The Morgan fingerprint density at radius 1 is 1.26 bits per heavy atom. The molecule has 0 saturated carbocycles. The van der Waals surface area contributed by atoms with Gasteiger partial charge in [0.2, 0.25) is 0 Å². The topological polar surface area (TPSA) is 69.4 Å². The van der Waals surface area contributed by atoms with Crippen LogP contribution in [0.25, 0.3) is 0 Å². The Morgan fingerprint density at radius 2 is 1.89 bits per heavy atom. The van der Waals surface area contributed by atoms with Gasteiger partial charge in [-0.2, -0.15) is 0 Å². The third-order valence-electron chi connectivity index (χ3n) is 2.48. The molecule has 0 unspecified atom stereocenters. The van der Waals surface area contributed by atoms with Gasteiger partial charge < -0.3 is 10.5 Å². The summed E-state index contributed by atoms with van der Waals surface area (Å²) in [6.45, 7) is 3.62. The molecule has 0 saturated heterocycles. The Hall–Kier alpha value is -2.36. The number of carbonyl (C=O) groups is 2. The van der Waals surface area contributed by atoms with Crippen molar-refractivity contribution < 1.29 is 14.3 Å². The first-order chi connectivity index (χ1) is 9.06. The average molecular weight is 259 g/mol. The van der Waals surface area contributed by atoms with Gasteiger partial charge in [-0.05, 0) is 37.6 Å². The van der Waals surface area contributed by atoms with Gasteiger partial charge in [0, 0.05) is 11.3 Å². The fraction of sp³-hybridized carbons (Fsp3) is 0.200. The lowest BCUT2D eigenvalue weighted by Crippen LogP contribution is -2.03. The predicted octanol–water partition coefficient (Wildman–Crippen LogP) is 2.81. The lowest BCUT2D eigenvalue weighted by molar-refractivity contribution is 0.0626. The first-order valence-corrected chi connectivity index (χ1v) is 5.97. The molecular weight excluding hydrogens is 242 g/mol. The van der Waals surface area contributed by atoms with E-state index in [1.165, 1.54) is 0 Å². The molecule has 0 aromatic heterocycles. The number of rotatable bonds is 5. The lowest BCUT2D eigenvalue weighted by atomic mass is 10.1. The predicted molar refractivity (Wildman–Crippen MR) is 73.6 cm³/mol. The zero-order valence-corrected chi connectivity index (χ0v) is 11.1. The maximum absolute atomic E-state index is 11.8. The molecule has 1 aromatic carbocycles. The smallest absolute Gasteiger partial charge is 0.343 e. The highest BCUT2D eigenvalue weighted by Gasteiger charge is 2.07. The van der Waals surface area contributed by atoms with Crippen LogP contribution in [0.15, 0.2) is 47.9 Å². The molecule has 1 rings (SSSR count). The Morgan fingerprint density at radius 3 is 2.42 bits per heavy atom. The van der Waals surface area contributed by atoms with Gasteiger partial charge >= 0.3 is 5.97 Å². The lowest BCUT2D eigenvalue weighted by Gasteiger charge is -2.04. The van der Waals surface area contributed by atoms with Crippen molar-refractivity contribution in [3.05, 3.63) is 59.0 Å². The summed E-state index contributed by atoms with van der Waals surface area (Å²) in [6.07, 6.45) is 4.82. The van der Waals surface area contributed by atoms with Crippen LogP contribution in [-0.4, -0.2) is 12.3 Å². The van der Waals surface area contributed by atoms with Crippen LogP contribution < -0.4 is 5.73 Å². The fourth-order valence-corrected chi connectivity index (χ4v) is 1.28. The number of hydrogen-bond donors (Lipinski definition) is 1. The summed E-state index contributed by atoms with van der Waals surface area (Å²) < 4.78 is 5.14. The number of esters is 1. The SMILES string of the molecule is CC/C(N)=C\C=C(/C)OC(=O)c1ccc(C=O)cc1. The first kappa shape index (κ1) is 14.7. The molecule has 100 valence electrons. The molecule has 0 bridgehead atoms. The molecule has 0 radical (unpaired) electrons. The van der Waals surface area contributed by atoms with Gasteiger partial charge in [0.05, 0.1) is 5.56 Å². The van der Waals surface area contributed by atoms with Crippen LogP contribution in [0.1, 0.15) is 41.0 Å². The number of allylic oxidation sites excluding steroid dienone is 4. The van der Waals surface area contributed by atoms with Crippen LogP contribution in [0.3, 0.4) is 0 Å². The number of carbonyl (C=O) groups excluding carboxylic acids is 2. The highest BCUT2D eigenvalue weighted by molar-refractivity contribution is 5.91. The fourth-order valence-electron chi connectivity index (χ4n) is 1.28. The highest BCUT2D eigenvalue weighted by Crippen LogP contribution is 2.08. The largest absolute Gasteiger partial charge is 0.428 e. The third-order valence-corrected chi connectivity index (χ3v) is 2.48. The maximum atomic E-state index is 11.8. The van der Waals surface area contributed by atoms with Gasteiger partial charge in [-0.25, -0.2) is 4.79 Å². The highest BCUT2D eigenvalue weighted by atomic mass is 16.5. The van der Waals surface area contributed by atoms with Crippen molar-refractivity contribution in [2.75, 3.05) is 0 Å². The Balaban J connectivity index is 2.70. The van der Waals surface area contributed by atoms with Gasteiger partial charge in [0.15, 0.2) is 0 Å². The van der Waals surface area contributed by atoms with Crippen LogP contribution in [0.5, 0.6) is 0 Å². The van der Waals surface area contributed by atoms with E-state index in [4.69, 9.17) is 10.5 Å². The molecule has 0 amide bonds. The van der Waals surface area contributed by atoms with Crippen LogP contribution in [0, 0.1) is 0 Å². The minimum absolute atomic E-state index is 0.394. The van der Waals surface area contributed by atoms with Gasteiger partial charge in [0.25, 0.3) is 0 Å². The molecule has 1 aromatic rings. The molecule has 4 nitrogen and oxygen atoms in total. The minimum atomic E-state index is -0.463. The molecule has 0 aliphatic heterocycles. The van der Waals surface area contributed by atoms with Crippen LogP contribution in [0.2, 0.25) is 0 Å². The van der Waals surface area contributed by atoms with Crippen LogP contribution in [-0.2, 0) is 4.74 Å². The van der Waals surface area contributed by atoms with E-state index in [1.54, 1.807) is 43.3 Å². The third kappa shape index (κ3) is 4.79. The van der Waals surface area contributed by atoms with E-state index in [9.17, 15) is 9.59 Å². The monoisotopic (exact) mass is 259 g/mol. The maximum Gasteiger partial charge on any atom is 0.343 e. The van der Waals surface area contributed by atoms with Gasteiger partial charge in [-0.15, -0.1) is 0 Å². The summed E-state index contributed by atoms with van der Waals surface area (Å²) in [5, 5.41) is 0. The van der Waals surface area contributed by atoms with Crippen molar-refractivity contribution in [1.29, 1.82) is 0 Å². The summed E-state index contributed by atoms with van der Waals surface area (Å²) in [7, 11) is 0. The van der Waals surface area contributed by atoms with Crippen molar-refractivity contribution in [1.82, 2.24) is 0 Å². The number of ether oxygens (including phenoxy) is 1. The molecule has 0 aliphatic carbocycles. The molecule has 0 atom stereocenters. The number of hydrogen-bond acceptors (Lipinski definition) is 4. The number of nitrogens with two attached hydrogens (primary N) is 1. The van der Waals surface area contributed by atoms with E-state index in [0.717, 1.165) is 12.7 Å². The minimum Gasteiger partial charge on any atom is -0.428 e. The van der Waals surface area contributed by atoms with Gasteiger partial charge in [-0.3, -0.25) is 4.79 Å². The average Bonchev–Trinajstić information content (AvgIpc) is 2.44. The zero-order valence-electron chi connectivity index (χ0n) is 11.1. The second-order valence-electron chi connectivity index (χ2n) is 4.00. The summed E-state index contributed by atoms with van der Waals surface area (Å²) in [5.74, 6) is -0.00414. The second-order valence-corrected chi connectivity index (χ2v) is 4.00. The molecule has 0 fully saturated rings. The molecule has 0 aliphatic rings. The van der Waals surface area contributed by atoms with Crippen molar-refractivity contribution in [3.63, 3.8) is 0 Å². The first-order valence-electron chi connectivity index (χ1n) is 5.97. The summed E-state index contributed by atoms with van der Waals surface area (Å²) in [5.41, 5.74) is 7.26. The standard InChI is InChI=1S/C15H17NO3/c1-3-14(16)9-4-11(2)19-15(18)13-7-5-12(10-17)6-8-13/h4-10H,3,16H2,1-2H3/b11-4+,14-9+. The summed E-state index contributed by atoms with van der Waals surface area (Å²) >= 11 is 0. The van der Waals surface area contributed by atoms with Crippen LogP contribution >= 0.6 is 0 Å². The van der Waals surface area contributed by atoms with Gasteiger partial charge in [-0.1, -0.05) is 19.1 Å². The van der Waals surface area contributed by atoms with E-state index in [0.29, 0.717) is 22.6 Å². The van der Waals surface area contributed by atoms with E-state index in [2.05, 4.69) is 0 Å². The van der Waals surface area contributed by atoms with E-state index in [1.807, 2.05) is 6.92 Å². The Kier molecular flexibility index (Phi) is 5.54. The van der Waals surface area contributed by atoms with E-state index in [-0.39, 0.29) is 0 Å². The van der Waals surface area contributed by atoms with Gasteiger partial charge in [0.1, 0.15) is 12.0 Å². The van der Waals surface area contributed by atoms with Crippen molar-refractivity contribution in [2.45, 2.75) is 20.3 Å². The molecule has 19 heavy (non-hydrogen) atoms. The Labute approximate surface area is 112 Å². The number of aldehydes is 1.